The van der Waals surface area contributed by atoms with Gasteiger partial charge in [-0.25, -0.2) is 4.98 Å². The third-order valence-corrected chi connectivity index (χ3v) is 3.98. The molecule has 5 nitrogen and oxygen atoms in total. The highest BCUT2D eigenvalue weighted by Crippen LogP contribution is 2.31. The monoisotopic (exact) mass is 380 g/mol. The molecule has 1 saturated carbocycles. The fourth-order valence-corrected chi connectivity index (χ4v) is 2.25. The van der Waals surface area contributed by atoms with Crippen molar-refractivity contribution in [1.29, 1.82) is 0 Å². The van der Waals surface area contributed by atoms with Crippen molar-refractivity contribution in [2.24, 2.45) is 5.92 Å². The summed E-state index contributed by atoms with van der Waals surface area (Å²) in [6.45, 7) is 0.536. The summed E-state index contributed by atoms with van der Waals surface area (Å²) in [4.78, 5) is 16.0. The summed E-state index contributed by atoms with van der Waals surface area (Å²) >= 11 is 0. The third-order valence-electron chi connectivity index (χ3n) is 3.98. The molecular weight excluding hydrogens is 361 g/mol. The molecule has 0 unspecified atom stereocenters. The van der Waals surface area contributed by atoms with Gasteiger partial charge in [0, 0.05) is 18.8 Å². The van der Waals surface area contributed by atoms with Gasteiger partial charge in [0.2, 0.25) is 5.88 Å². The average Bonchev–Trinajstić information content (AvgIpc) is 3.48. The van der Waals surface area contributed by atoms with Gasteiger partial charge in [0.25, 0.3) is 5.91 Å². The van der Waals surface area contributed by atoms with Gasteiger partial charge in [0.15, 0.2) is 6.61 Å². The maximum atomic E-state index is 12.6. The second kappa shape index (κ2) is 8.28. The zero-order valence-electron chi connectivity index (χ0n) is 14.5. The van der Waals surface area contributed by atoms with E-state index < -0.39 is 17.6 Å². The van der Waals surface area contributed by atoms with Crippen molar-refractivity contribution >= 4 is 5.91 Å². The molecule has 144 valence electrons. The van der Waals surface area contributed by atoms with Crippen molar-refractivity contribution in [2.45, 2.75) is 25.6 Å². The summed E-state index contributed by atoms with van der Waals surface area (Å²) < 4.78 is 48.6. The van der Waals surface area contributed by atoms with Crippen molar-refractivity contribution in [3.8, 4) is 11.6 Å². The Hall–Kier alpha value is -2.77. The number of amides is 1. The Bertz CT molecular complexity index is 775. The van der Waals surface area contributed by atoms with Gasteiger partial charge in [-0.3, -0.25) is 4.79 Å². The number of aromatic nitrogens is 1. The standard InChI is InChI=1S/C19H19F3N2O3/c20-19(21,22)15-2-1-3-16(8-15)26-12-17(25)23-9-14-6-7-18(24-10-14)27-11-13-4-5-13/h1-3,6-8,10,13H,4-5,9,11-12H2,(H,23,25). The average molecular weight is 380 g/mol. The molecule has 0 atom stereocenters. The van der Waals surface area contributed by atoms with Crippen LogP contribution < -0.4 is 14.8 Å². The summed E-state index contributed by atoms with van der Waals surface area (Å²) in [5.74, 6) is 0.729. The van der Waals surface area contributed by atoms with E-state index in [0.29, 0.717) is 18.4 Å². The van der Waals surface area contributed by atoms with Crippen molar-refractivity contribution < 1.29 is 27.4 Å². The van der Waals surface area contributed by atoms with Gasteiger partial charge in [-0.2, -0.15) is 13.2 Å². The zero-order chi connectivity index (χ0) is 19.3. The number of rotatable bonds is 8. The van der Waals surface area contributed by atoms with E-state index in [0.717, 1.165) is 17.7 Å². The highest BCUT2D eigenvalue weighted by Gasteiger charge is 2.30. The number of carbonyl (C=O) groups excluding carboxylic acids is 1. The molecule has 1 N–H and O–H groups in total. The minimum atomic E-state index is -4.46. The Morgan fingerprint density at radius 2 is 2.00 bits per heavy atom. The third kappa shape index (κ3) is 6.16. The van der Waals surface area contributed by atoms with Crippen LogP contribution in [0.25, 0.3) is 0 Å². The number of alkyl halides is 3. The summed E-state index contributed by atoms with van der Waals surface area (Å²) in [7, 11) is 0. The Kier molecular flexibility index (Phi) is 5.83. The number of nitrogens with one attached hydrogen (secondary N) is 1. The quantitative estimate of drug-likeness (QED) is 0.760. The molecule has 2 aromatic rings. The van der Waals surface area contributed by atoms with Crippen LogP contribution >= 0.6 is 0 Å². The number of benzene rings is 1. The molecule has 1 aliphatic carbocycles. The van der Waals surface area contributed by atoms with Crippen LogP contribution in [0.4, 0.5) is 13.2 Å². The maximum Gasteiger partial charge on any atom is 0.416 e. The number of ether oxygens (including phenoxy) is 2. The van der Waals surface area contributed by atoms with Crippen LogP contribution in [0.5, 0.6) is 11.6 Å². The summed E-state index contributed by atoms with van der Waals surface area (Å²) in [6.07, 6.45) is -0.446. The van der Waals surface area contributed by atoms with Crippen LogP contribution in [0.15, 0.2) is 42.6 Å². The molecule has 0 aliphatic heterocycles. The second-order valence-corrected chi connectivity index (χ2v) is 6.35. The minimum absolute atomic E-state index is 0.0150. The molecule has 1 aromatic carbocycles. The van der Waals surface area contributed by atoms with Gasteiger partial charge in [0.1, 0.15) is 5.75 Å². The molecule has 1 aromatic heterocycles. The van der Waals surface area contributed by atoms with Crippen LogP contribution in [0.3, 0.4) is 0 Å². The molecule has 1 fully saturated rings. The molecule has 1 aliphatic rings. The van der Waals surface area contributed by atoms with Crippen molar-refractivity contribution in [1.82, 2.24) is 10.3 Å². The first-order valence-electron chi connectivity index (χ1n) is 8.54. The van der Waals surface area contributed by atoms with E-state index in [1.165, 1.54) is 25.0 Å². The van der Waals surface area contributed by atoms with Gasteiger partial charge >= 0.3 is 6.18 Å². The second-order valence-electron chi connectivity index (χ2n) is 6.35. The molecule has 27 heavy (non-hydrogen) atoms. The molecular formula is C19H19F3N2O3. The lowest BCUT2D eigenvalue weighted by Gasteiger charge is -2.10. The first-order chi connectivity index (χ1) is 12.9. The lowest BCUT2D eigenvalue weighted by Crippen LogP contribution is -2.28. The van der Waals surface area contributed by atoms with Crippen LogP contribution in [-0.4, -0.2) is 24.1 Å². The van der Waals surface area contributed by atoms with Gasteiger partial charge in [-0.15, -0.1) is 0 Å². The van der Waals surface area contributed by atoms with Crippen molar-refractivity contribution in [3.63, 3.8) is 0 Å². The predicted octanol–water partition coefficient (Wildman–Crippen LogP) is 3.58. The highest BCUT2D eigenvalue weighted by atomic mass is 19.4. The smallest absolute Gasteiger partial charge is 0.416 e. The molecule has 0 bridgehead atoms. The first-order valence-corrected chi connectivity index (χ1v) is 8.54. The van der Waals surface area contributed by atoms with Gasteiger partial charge in [-0.05, 0) is 42.5 Å². The molecule has 1 heterocycles. The Labute approximate surface area is 154 Å². The Balaban J connectivity index is 1.41. The zero-order valence-corrected chi connectivity index (χ0v) is 14.5. The van der Waals surface area contributed by atoms with Crippen LogP contribution in [0, 0.1) is 5.92 Å². The predicted molar refractivity (Wildman–Crippen MR) is 91.2 cm³/mol. The van der Waals surface area contributed by atoms with E-state index in [9.17, 15) is 18.0 Å². The molecule has 1 amide bonds. The lowest BCUT2D eigenvalue weighted by atomic mass is 10.2. The highest BCUT2D eigenvalue weighted by molar-refractivity contribution is 5.77. The first kappa shape index (κ1) is 19.0. The molecule has 0 radical (unpaired) electrons. The lowest BCUT2D eigenvalue weighted by molar-refractivity contribution is -0.137. The van der Waals surface area contributed by atoms with Gasteiger partial charge in [0.05, 0.1) is 12.2 Å². The van der Waals surface area contributed by atoms with E-state index >= 15 is 0 Å². The molecule has 3 rings (SSSR count). The minimum Gasteiger partial charge on any atom is -0.484 e. The number of hydrogen-bond acceptors (Lipinski definition) is 4. The van der Waals surface area contributed by atoms with Gasteiger partial charge < -0.3 is 14.8 Å². The van der Waals surface area contributed by atoms with E-state index in [-0.39, 0.29) is 18.9 Å². The van der Waals surface area contributed by atoms with Crippen LogP contribution in [-0.2, 0) is 17.5 Å². The largest absolute Gasteiger partial charge is 0.484 e. The normalized spacial score (nSPS) is 13.9. The number of halogens is 3. The van der Waals surface area contributed by atoms with E-state index in [2.05, 4.69) is 10.3 Å². The fourth-order valence-electron chi connectivity index (χ4n) is 2.25. The summed E-state index contributed by atoms with van der Waals surface area (Å²) in [5.41, 5.74) is -0.0448. The Morgan fingerprint density at radius 1 is 1.19 bits per heavy atom. The van der Waals surface area contributed by atoms with Gasteiger partial charge in [-0.1, -0.05) is 12.1 Å². The van der Waals surface area contributed by atoms with Crippen molar-refractivity contribution in [3.05, 3.63) is 53.7 Å². The Morgan fingerprint density at radius 3 is 2.67 bits per heavy atom. The summed E-state index contributed by atoms with van der Waals surface area (Å²) in [5, 5.41) is 2.63. The van der Waals surface area contributed by atoms with E-state index in [4.69, 9.17) is 9.47 Å². The van der Waals surface area contributed by atoms with Crippen LogP contribution in [0.2, 0.25) is 0 Å². The SMILES string of the molecule is O=C(COc1cccc(C(F)(F)F)c1)NCc1ccc(OCC2CC2)nc1. The summed E-state index contributed by atoms with van der Waals surface area (Å²) in [6, 6.07) is 7.93. The molecule has 8 heteroatoms. The van der Waals surface area contributed by atoms with Crippen molar-refractivity contribution in [2.75, 3.05) is 13.2 Å². The topological polar surface area (TPSA) is 60.5 Å². The number of hydrogen-bond donors (Lipinski definition) is 1. The molecule has 0 saturated heterocycles. The number of pyridine rings is 1. The molecule has 0 spiro atoms. The van der Waals surface area contributed by atoms with Crippen LogP contribution in [0.1, 0.15) is 24.0 Å². The fraction of sp³-hybridized carbons (Fsp3) is 0.368. The number of carbonyl (C=O) groups is 1. The van der Waals surface area contributed by atoms with E-state index in [1.807, 2.05) is 0 Å². The van der Waals surface area contributed by atoms with E-state index in [1.54, 1.807) is 18.3 Å². The maximum absolute atomic E-state index is 12.6. The number of nitrogens with zero attached hydrogens (tertiary/aromatic N) is 1.